The van der Waals surface area contributed by atoms with Crippen molar-refractivity contribution in [1.29, 1.82) is 0 Å². The number of nitrogens with one attached hydrogen (secondary N) is 2. The van der Waals surface area contributed by atoms with Crippen molar-refractivity contribution in [2.24, 2.45) is 0 Å². The molecule has 1 saturated heterocycles. The van der Waals surface area contributed by atoms with Crippen LogP contribution in [0.4, 0.5) is 13.6 Å². The summed E-state index contributed by atoms with van der Waals surface area (Å²) in [5.74, 6) is -3.13. The van der Waals surface area contributed by atoms with Gasteiger partial charge in [-0.3, -0.25) is 15.0 Å². The molecule has 0 aromatic heterocycles. The Morgan fingerprint density at radius 1 is 1.23 bits per heavy atom. The van der Waals surface area contributed by atoms with Crippen LogP contribution in [-0.4, -0.2) is 42.4 Å². The molecule has 1 aromatic carbocycles. The van der Waals surface area contributed by atoms with Gasteiger partial charge in [0.15, 0.2) is 0 Å². The highest BCUT2D eigenvalue weighted by Gasteiger charge is 2.37. The van der Waals surface area contributed by atoms with Crippen LogP contribution in [0, 0.1) is 0 Å². The summed E-state index contributed by atoms with van der Waals surface area (Å²) in [6.07, 6.45) is -0.152. The van der Waals surface area contributed by atoms with Gasteiger partial charge in [0, 0.05) is 32.5 Å². The number of nitrogens with zero attached hydrogens (tertiary/aromatic N) is 1. The van der Waals surface area contributed by atoms with E-state index in [0.29, 0.717) is 6.54 Å². The van der Waals surface area contributed by atoms with Crippen LogP contribution in [0.3, 0.4) is 0 Å². The summed E-state index contributed by atoms with van der Waals surface area (Å²) in [5.41, 5.74) is 0.921. The molecule has 120 valence electrons. The lowest BCUT2D eigenvalue weighted by molar-refractivity contribution is -0.120. The van der Waals surface area contributed by atoms with Gasteiger partial charge in [0.2, 0.25) is 5.91 Å². The highest BCUT2D eigenvalue weighted by molar-refractivity contribution is 5.94. The van der Waals surface area contributed by atoms with Gasteiger partial charge in [-0.15, -0.1) is 0 Å². The van der Waals surface area contributed by atoms with Crippen molar-refractivity contribution in [2.45, 2.75) is 25.3 Å². The Bertz CT molecular complexity index is 523. The molecule has 1 heterocycles. The largest absolute Gasteiger partial charge is 0.334 e. The van der Waals surface area contributed by atoms with E-state index in [0.717, 1.165) is 5.56 Å². The number of carbonyl (C=O) groups is 2. The third-order valence-corrected chi connectivity index (χ3v) is 3.45. The van der Waals surface area contributed by atoms with Gasteiger partial charge >= 0.3 is 6.03 Å². The van der Waals surface area contributed by atoms with Gasteiger partial charge in [-0.25, -0.2) is 13.6 Å². The summed E-state index contributed by atoms with van der Waals surface area (Å²) in [4.78, 5) is 24.7. The smallest absolute Gasteiger partial charge is 0.321 e. The lowest BCUT2D eigenvalue weighted by atomic mass is 10.2. The molecule has 1 fully saturated rings. The van der Waals surface area contributed by atoms with Crippen molar-refractivity contribution >= 4 is 11.9 Å². The number of carbonyl (C=O) groups excluding carboxylic acids is 2. The molecule has 0 unspecified atom stereocenters. The van der Waals surface area contributed by atoms with Gasteiger partial charge in [-0.2, -0.15) is 0 Å². The molecule has 5 nitrogen and oxygen atoms in total. The minimum Gasteiger partial charge on any atom is -0.334 e. The Kier molecular flexibility index (Phi) is 5.43. The van der Waals surface area contributed by atoms with Gasteiger partial charge in [0.25, 0.3) is 5.92 Å². The van der Waals surface area contributed by atoms with Gasteiger partial charge in [-0.05, 0) is 5.56 Å². The summed E-state index contributed by atoms with van der Waals surface area (Å²) >= 11 is 0. The van der Waals surface area contributed by atoms with Crippen LogP contribution in [0.2, 0.25) is 0 Å². The van der Waals surface area contributed by atoms with Crippen molar-refractivity contribution in [3.8, 4) is 0 Å². The fourth-order valence-electron chi connectivity index (χ4n) is 2.27. The molecule has 0 spiro atoms. The van der Waals surface area contributed by atoms with E-state index in [1.807, 2.05) is 30.3 Å². The normalized spacial score (nSPS) is 17.2. The number of likely N-dealkylation sites (tertiary alicyclic amines) is 1. The van der Waals surface area contributed by atoms with E-state index in [4.69, 9.17) is 0 Å². The van der Waals surface area contributed by atoms with Crippen molar-refractivity contribution in [1.82, 2.24) is 15.5 Å². The van der Waals surface area contributed by atoms with E-state index in [1.165, 1.54) is 4.90 Å². The quantitative estimate of drug-likeness (QED) is 0.871. The zero-order valence-corrected chi connectivity index (χ0v) is 12.1. The molecule has 1 aliphatic heterocycles. The molecule has 2 N–H and O–H groups in total. The molecule has 0 atom stereocenters. The summed E-state index contributed by atoms with van der Waals surface area (Å²) in [6, 6.07) is 8.71. The molecule has 3 amide bonds. The van der Waals surface area contributed by atoms with Gasteiger partial charge < -0.3 is 5.32 Å². The first-order valence-electron chi connectivity index (χ1n) is 7.16. The number of halogens is 2. The Labute approximate surface area is 127 Å². The molecule has 1 aliphatic rings. The molecule has 22 heavy (non-hydrogen) atoms. The third-order valence-electron chi connectivity index (χ3n) is 3.45. The SMILES string of the molecule is O=C(CCN1CCC(F)(F)C1)NC(=O)NCc1ccccc1. The Morgan fingerprint density at radius 3 is 2.59 bits per heavy atom. The minimum atomic E-state index is -2.66. The first-order chi connectivity index (χ1) is 10.4. The molecule has 1 aromatic rings. The van der Waals surface area contributed by atoms with Crippen molar-refractivity contribution in [2.75, 3.05) is 19.6 Å². The van der Waals surface area contributed by atoms with Crippen molar-refractivity contribution < 1.29 is 18.4 Å². The zero-order chi connectivity index (χ0) is 16.0. The molecular formula is C15H19F2N3O2. The molecule has 7 heteroatoms. The van der Waals surface area contributed by atoms with Gasteiger partial charge in [0.05, 0.1) is 6.54 Å². The van der Waals surface area contributed by atoms with Crippen LogP contribution in [0.25, 0.3) is 0 Å². The number of benzene rings is 1. The van der Waals surface area contributed by atoms with E-state index < -0.39 is 17.9 Å². The van der Waals surface area contributed by atoms with E-state index in [9.17, 15) is 18.4 Å². The van der Waals surface area contributed by atoms with Crippen LogP contribution in [0.15, 0.2) is 30.3 Å². The van der Waals surface area contributed by atoms with Gasteiger partial charge in [0.1, 0.15) is 0 Å². The van der Waals surface area contributed by atoms with E-state index in [-0.39, 0.29) is 32.5 Å². The number of hydrogen-bond acceptors (Lipinski definition) is 3. The Balaban J connectivity index is 1.63. The fourth-order valence-corrected chi connectivity index (χ4v) is 2.27. The van der Waals surface area contributed by atoms with E-state index in [1.54, 1.807) is 0 Å². The average molecular weight is 311 g/mol. The average Bonchev–Trinajstić information content (AvgIpc) is 2.83. The van der Waals surface area contributed by atoms with Crippen molar-refractivity contribution in [3.63, 3.8) is 0 Å². The standard InChI is InChI=1S/C15H19F2N3O2/c16-15(17)7-9-20(11-15)8-6-13(21)19-14(22)18-10-12-4-2-1-3-5-12/h1-5H,6-11H2,(H2,18,19,21,22). The van der Waals surface area contributed by atoms with Crippen LogP contribution < -0.4 is 10.6 Å². The van der Waals surface area contributed by atoms with E-state index in [2.05, 4.69) is 10.6 Å². The number of rotatable bonds is 5. The van der Waals surface area contributed by atoms with Crippen LogP contribution in [-0.2, 0) is 11.3 Å². The number of imide groups is 1. The molecule has 2 rings (SSSR count). The number of urea groups is 1. The second-order valence-electron chi connectivity index (χ2n) is 5.35. The number of amides is 3. The predicted molar refractivity (Wildman–Crippen MR) is 77.4 cm³/mol. The second kappa shape index (κ2) is 7.31. The third kappa shape index (κ3) is 5.40. The molecule has 0 bridgehead atoms. The minimum absolute atomic E-state index is 0.0227. The first kappa shape index (κ1) is 16.4. The maximum atomic E-state index is 13.0. The zero-order valence-electron chi connectivity index (χ0n) is 12.1. The highest BCUT2D eigenvalue weighted by atomic mass is 19.3. The first-order valence-corrected chi connectivity index (χ1v) is 7.16. The summed E-state index contributed by atoms with van der Waals surface area (Å²) in [6.45, 7) is 0.507. The summed E-state index contributed by atoms with van der Waals surface area (Å²) < 4.78 is 26.0. The van der Waals surface area contributed by atoms with Crippen molar-refractivity contribution in [3.05, 3.63) is 35.9 Å². The van der Waals surface area contributed by atoms with Gasteiger partial charge in [-0.1, -0.05) is 30.3 Å². The molecular weight excluding hydrogens is 292 g/mol. The monoisotopic (exact) mass is 311 g/mol. The lowest BCUT2D eigenvalue weighted by Crippen LogP contribution is -2.40. The van der Waals surface area contributed by atoms with E-state index >= 15 is 0 Å². The summed E-state index contributed by atoms with van der Waals surface area (Å²) in [7, 11) is 0. The number of alkyl halides is 2. The lowest BCUT2D eigenvalue weighted by Gasteiger charge is -2.14. The Hall–Kier alpha value is -2.02. The molecule has 0 radical (unpaired) electrons. The molecule has 0 aliphatic carbocycles. The fraction of sp³-hybridized carbons (Fsp3) is 0.467. The maximum absolute atomic E-state index is 13.0. The maximum Gasteiger partial charge on any atom is 0.321 e. The summed E-state index contributed by atoms with van der Waals surface area (Å²) in [5, 5.41) is 4.76. The number of hydrogen-bond donors (Lipinski definition) is 2. The predicted octanol–water partition coefficient (Wildman–Crippen LogP) is 1.74. The topological polar surface area (TPSA) is 61.4 Å². The second-order valence-corrected chi connectivity index (χ2v) is 5.35. The highest BCUT2D eigenvalue weighted by Crippen LogP contribution is 2.26. The van der Waals surface area contributed by atoms with Crippen LogP contribution in [0.1, 0.15) is 18.4 Å². The Morgan fingerprint density at radius 2 is 1.95 bits per heavy atom. The van der Waals surface area contributed by atoms with Crippen LogP contribution in [0.5, 0.6) is 0 Å². The molecule has 0 saturated carbocycles. The van der Waals surface area contributed by atoms with Crippen LogP contribution >= 0.6 is 0 Å².